The van der Waals surface area contributed by atoms with Crippen LogP contribution in [0.3, 0.4) is 0 Å². The number of methoxy groups -OCH3 is 1. The first-order valence-corrected chi connectivity index (χ1v) is 13.0. The van der Waals surface area contributed by atoms with Crippen molar-refractivity contribution < 1.29 is 44.6 Å². The van der Waals surface area contributed by atoms with Crippen molar-refractivity contribution in [2.24, 2.45) is 10.2 Å². The second kappa shape index (κ2) is 9.86. The lowest BCUT2D eigenvalue weighted by atomic mass is 10.1. The molecule has 1 aromatic heterocycles. The molecule has 0 atom stereocenters. The SMILES string of the molecule is COc1ccc(N=Nc2c(S(=O)(=O)O)cc3cc(Nc4cc(F)nc(F)n4)ccc3c2O)c(S(=O)(=O)O)c1. The van der Waals surface area contributed by atoms with E-state index in [2.05, 4.69) is 25.5 Å². The maximum Gasteiger partial charge on any atom is 0.313 e. The summed E-state index contributed by atoms with van der Waals surface area (Å²) in [4.78, 5) is 4.63. The number of nitrogens with one attached hydrogen (secondary N) is 1. The maximum atomic E-state index is 13.4. The number of phenols is 1. The molecule has 0 unspecified atom stereocenters. The largest absolute Gasteiger partial charge is 0.505 e. The standard InChI is InChI=1S/C21H15F2N5O8S2/c1-36-12-3-5-14(15(8-12)37(30,31)32)27-28-19-16(38(33,34)35)7-10-6-11(2-4-13(10)20(19)29)24-18-9-17(22)25-21(23)26-18/h2-9,29H,1H3,(H,24,25,26)(H,30,31,32)(H,33,34,35). The third-order valence-electron chi connectivity index (χ3n) is 4.97. The Bertz CT molecular complexity index is 1810. The monoisotopic (exact) mass is 567 g/mol. The molecule has 38 heavy (non-hydrogen) atoms. The first kappa shape index (κ1) is 26.7. The van der Waals surface area contributed by atoms with Gasteiger partial charge in [0.1, 0.15) is 32.7 Å². The fraction of sp³-hybridized carbons (Fsp3) is 0.0476. The number of aromatic nitrogens is 2. The van der Waals surface area contributed by atoms with E-state index < -0.39 is 59.2 Å². The Morgan fingerprint density at radius 3 is 2.24 bits per heavy atom. The minimum absolute atomic E-state index is 0.0154. The molecule has 0 amide bonds. The minimum Gasteiger partial charge on any atom is -0.505 e. The fourth-order valence-electron chi connectivity index (χ4n) is 3.34. The Labute approximate surface area is 213 Å². The summed E-state index contributed by atoms with van der Waals surface area (Å²) in [6, 6.07) is 9.00. The lowest BCUT2D eigenvalue weighted by Gasteiger charge is -2.11. The van der Waals surface area contributed by atoms with Crippen LogP contribution in [-0.4, -0.2) is 48.1 Å². The van der Waals surface area contributed by atoms with Crippen molar-refractivity contribution in [3.8, 4) is 11.5 Å². The zero-order chi connectivity index (χ0) is 27.8. The van der Waals surface area contributed by atoms with Crippen LogP contribution in [-0.2, 0) is 20.2 Å². The summed E-state index contributed by atoms with van der Waals surface area (Å²) in [6.07, 6.45) is -1.33. The number of aromatic hydroxyl groups is 1. The summed E-state index contributed by atoms with van der Waals surface area (Å²) in [7, 11) is -8.59. The van der Waals surface area contributed by atoms with E-state index in [1.165, 1.54) is 31.4 Å². The van der Waals surface area contributed by atoms with Crippen LogP contribution in [0.2, 0.25) is 0 Å². The van der Waals surface area contributed by atoms with Crippen LogP contribution in [0.1, 0.15) is 0 Å². The summed E-state index contributed by atoms with van der Waals surface area (Å²) < 4.78 is 98.5. The van der Waals surface area contributed by atoms with Gasteiger partial charge in [-0.1, -0.05) is 0 Å². The van der Waals surface area contributed by atoms with Gasteiger partial charge in [0.15, 0.2) is 5.75 Å². The van der Waals surface area contributed by atoms with Crippen molar-refractivity contribution in [3.05, 3.63) is 60.6 Å². The predicted molar refractivity (Wildman–Crippen MR) is 128 cm³/mol. The molecule has 4 aromatic rings. The van der Waals surface area contributed by atoms with Crippen LogP contribution in [0.4, 0.5) is 31.7 Å². The Kier molecular flexibility index (Phi) is 6.94. The fourth-order valence-corrected chi connectivity index (χ4v) is 4.63. The molecular formula is C21H15F2N5O8S2. The van der Waals surface area contributed by atoms with E-state index in [1.807, 2.05) is 0 Å². The number of benzene rings is 3. The van der Waals surface area contributed by atoms with Gasteiger partial charge < -0.3 is 15.2 Å². The number of azo groups is 1. The summed E-state index contributed by atoms with van der Waals surface area (Å²) in [5.74, 6) is -2.10. The van der Waals surface area contributed by atoms with E-state index >= 15 is 0 Å². The van der Waals surface area contributed by atoms with E-state index in [9.17, 15) is 39.8 Å². The minimum atomic E-state index is -5.03. The molecule has 0 spiro atoms. The molecule has 1 heterocycles. The lowest BCUT2D eigenvalue weighted by molar-refractivity contribution is 0.412. The van der Waals surface area contributed by atoms with E-state index in [-0.39, 0.29) is 28.0 Å². The zero-order valence-corrected chi connectivity index (χ0v) is 20.5. The van der Waals surface area contributed by atoms with Crippen molar-refractivity contribution in [2.45, 2.75) is 9.79 Å². The number of hydrogen-bond donors (Lipinski definition) is 4. The highest BCUT2D eigenvalue weighted by molar-refractivity contribution is 7.86. The van der Waals surface area contributed by atoms with Crippen LogP contribution < -0.4 is 10.1 Å². The molecule has 17 heteroatoms. The molecule has 0 aliphatic rings. The number of anilines is 2. The van der Waals surface area contributed by atoms with E-state index in [0.717, 1.165) is 24.3 Å². The normalized spacial score (nSPS) is 12.2. The van der Waals surface area contributed by atoms with Gasteiger partial charge in [0.2, 0.25) is 5.95 Å². The summed E-state index contributed by atoms with van der Waals surface area (Å²) >= 11 is 0. The number of fused-ring (bicyclic) bond motifs is 1. The van der Waals surface area contributed by atoms with Crippen LogP contribution >= 0.6 is 0 Å². The zero-order valence-electron chi connectivity index (χ0n) is 18.9. The average molecular weight is 568 g/mol. The van der Waals surface area contributed by atoms with Crippen LogP contribution in [0.5, 0.6) is 11.5 Å². The van der Waals surface area contributed by atoms with Crippen molar-refractivity contribution >= 4 is 53.9 Å². The lowest BCUT2D eigenvalue weighted by Crippen LogP contribution is -2.01. The molecule has 3 aromatic carbocycles. The number of nitrogens with zero attached hydrogens (tertiary/aromatic N) is 4. The third kappa shape index (κ3) is 5.65. The van der Waals surface area contributed by atoms with Crippen molar-refractivity contribution in [2.75, 3.05) is 12.4 Å². The molecule has 0 saturated carbocycles. The van der Waals surface area contributed by atoms with Crippen molar-refractivity contribution in [1.82, 2.24) is 9.97 Å². The summed E-state index contributed by atoms with van der Waals surface area (Å²) in [6.45, 7) is 0. The topological polar surface area (TPSA) is 201 Å². The molecule has 198 valence electrons. The number of rotatable bonds is 7. The summed E-state index contributed by atoms with van der Waals surface area (Å²) in [5.41, 5.74) is -1.00. The average Bonchev–Trinajstić information content (AvgIpc) is 2.81. The summed E-state index contributed by atoms with van der Waals surface area (Å²) in [5, 5.41) is 20.7. The molecule has 0 aliphatic carbocycles. The van der Waals surface area contributed by atoms with Crippen LogP contribution in [0.15, 0.2) is 68.6 Å². The van der Waals surface area contributed by atoms with E-state index in [1.54, 1.807) is 0 Å². The number of phenolic OH excluding ortho intramolecular Hbond substituents is 1. The molecule has 4 rings (SSSR count). The van der Waals surface area contributed by atoms with Crippen LogP contribution in [0, 0.1) is 12.0 Å². The third-order valence-corrected chi connectivity index (χ3v) is 6.72. The van der Waals surface area contributed by atoms with Crippen molar-refractivity contribution in [3.63, 3.8) is 0 Å². The van der Waals surface area contributed by atoms with Gasteiger partial charge in [0.25, 0.3) is 20.2 Å². The van der Waals surface area contributed by atoms with Gasteiger partial charge in [-0.25, -0.2) is 0 Å². The smallest absolute Gasteiger partial charge is 0.313 e. The predicted octanol–water partition coefficient (Wildman–Crippen LogP) is 4.27. The van der Waals surface area contributed by atoms with Gasteiger partial charge in [0.05, 0.1) is 7.11 Å². The van der Waals surface area contributed by atoms with E-state index in [0.29, 0.717) is 0 Å². The Balaban J connectivity index is 1.84. The number of halogens is 2. The second-order valence-corrected chi connectivity index (χ2v) is 10.2. The first-order chi connectivity index (χ1) is 17.8. The van der Waals surface area contributed by atoms with Crippen molar-refractivity contribution in [1.29, 1.82) is 0 Å². The molecular weight excluding hydrogens is 552 g/mol. The Hall–Kier alpha value is -4.32. The first-order valence-electron chi connectivity index (χ1n) is 10.1. The Morgan fingerprint density at radius 2 is 1.61 bits per heavy atom. The molecule has 13 nitrogen and oxygen atoms in total. The second-order valence-electron chi connectivity index (χ2n) is 7.46. The van der Waals surface area contributed by atoms with Gasteiger partial charge in [-0.15, -0.1) is 10.2 Å². The molecule has 0 aliphatic heterocycles. The highest BCUT2D eigenvalue weighted by atomic mass is 32.2. The molecule has 0 saturated heterocycles. The quantitative estimate of drug-likeness (QED) is 0.107. The van der Waals surface area contributed by atoms with Gasteiger partial charge in [-0.05, 0) is 41.8 Å². The van der Waals surface area contributed by atoms with Gasteiger partial charge in [-0.2, -0.15) is 35.6 Å². The van der Waals surface area contributed by atoms with E-state index in [4.69, 9.17) is 4.74 Å². The van der Waals surface area contributed by atoms with Gasteiger partial charge in [0, 0.05) is 23.2 Å². The number of ether oxygens (including phenoxy) is 1. The number of hydrogen-bond acceptors (Lipinski definition) is 11. The van der Waals surface area contributed by atoms with Gasteiger partial charge in [-0.3, -0.25) is 9.11 Å². The van der Waals surface area contributed by atoms with Crippen LogP contribution in [0.25, 0.3) is 10.8 Å². The Morgan fingerprint density at radius 1 is 0.895 bits per heavy atom. The van der Waals surface area contributed by atoms with Gasteiger partial charge >= 0.3 is 6.08 Å². The highest BCUT2D eigenvalue weighted by Crippen LogP contribution is 2.42. The molecule has 0 radical (unpaired) electrons. The molecule has 4 N–H and O–H groups in total. The highest BCUT2D eigenvalue weighted by Gasteiger charge is 2.23. The maximum absolute atomic E-state index is 13.4. The molecule has 0 bridgehead atoms. The molecule has 0 fully saturated rings.